The summed E-state index contributed by atoms with van der Waals surface area (Å²) in [6, 6.07) is 11.0. The molecule has 1 atom stereocenters. The third-order valence-electron chi connectivity index (χ3n) is 4.90. The maximum atomic E-state index is 12.1. The average Bonchev–Trinajstić information content (AvgIpc) is 3.17. The Morgan fingerprint density at radius 1 is 1.17 bits per heavy atom. The van der Waals surface area contributed by atoms with E-state index in [1.165, 1.54) is 0 Å². The molecular formula is C21H20N6O2. The van der Waals surface area contributed by atoms with Gasteiger partial charge in [-0.1, -0.05) is 30.3 Å². The summed E-state index contributed by atoms with van der Waals surface area (Å²) in [5.74, 6) is -0.488. The SMILES string of the molecule is Cc1ccc2[nH]ncc2c1-c1nc(-c2ccccc2C(C)O)nc(C(N)=O)c1N. The van der Waals surface area contributed by atoms with Gasteiger partial charge in [-0.3, -0.25) is 9.89 Å². The first kappa shape index (κ1) is 18.6. The summed E-state index contributed by atoms with van der Waals surface area (Å²) >= 11 is 0. The molecule has 8 heteroatoms. The predicted octanol–water partition coefficient (Wildman–Crippen LogP) is 2.73. The van der Waals surface area contributed by atoms with Gasteiger partial charge in [0.05, 0.1) is 29.2 Å². The number of H-pyrrole nitrogens is 1. The van der Waals surface area contributed by atoms with Gasteiger partial charge >= 0.3 is 0 Å². The lowest BCUT2D eigenvalue weighted by molar-refractivity contribution is 0.0996. The van der Waals surface area contributed by atoms with Gasteiger partial charge in [0.1, 0.15) is 0 Å². The zero-order valence-corrected chi connectivity index (χ0v) is 16.0. The fraction of sp³-hybridized carbons (Fsp3) is 0.143. The molecule has 1 amide bonds. The van der Waals surface area contributed by atoms with Gasteiger partial charge in [0.2, 0.25) is 0 Å². The van der Waals surface area contributed by atoms with E-state index in [1.807, 2.05) is 31.2 Å². The number of nitrogens with zero attached hydrogens (tertiary/aromatic N) is 3. The summed E-state index contributed by atoms with van der Waals surface area (Å²) in [7, 11) is 0. The lowest BCUT2D eigenvalue weighted by Crippen LogP contribution is -2.18. The van der Waals surface area contributed by atoms with E-state index in [1.54, 1.807) is 25.3 Å². The topological polar surface area (TPSA) is 144 Å². The molecule has 0 bridgehead atoms. The number of aromatic amines is 1. The summed E-state index contributed by atoms with van der Waals surface area (Å²) in [5, 5.41) is 18.0. The second-order valence-electron chi connectivity index (χ2n) is 6.87. The largest absolute Gasteiger partial charge is 0.395 e. The van der Waals surface area contributed by atoms with Crippen molar-refractivity contribution in [3.05, 3.63) is 59.4 Å². The molecule has 0 spiro atoms. The van der Waals surface area contributed by atoms with Crippen LogP contribution < -0.4 is 11.5 Å². The number of hydrogen-bond donors (Lipinski definition) is 4. The third kappa shape index (κ3) is 3.09. The van der Waals surface area contributed by atoms with Crippen LogP contribution in [0, 0.1) is 6.92 Å². The Hall–Kier alpha value is -3.78. The van der Waals surface area contributed by atoms with Gasteiger partial charge in [0.15, 0.2) is 11.5 Å². The van der Waals surface area contributed by atoms with Crippen LogP contribution in [0.1, 0.15) is 34.6 Å². The van der Waals surface area contributed by atoms with Crippen molar-refractivity contribution in [1.82, 2.24) is 20.2 Å². The fourth-order valence-electron chi connectivity index (χ4n) is 3.47. The van der Waals surface area contributed by atoms with Crippen molar-refractivity contribution >= 4 is 22.5 Å². The molecule has 1 unspecified atom stereocenters. The van der Waals surface area contributed by atoms with E-state index >= 15 is 0 Å². The molecule has 2 aromatic carbocycles. The molecule has 0 aliphatic rings. The highest BCUT2D eigenvalue weighted by Crippen LogP contribution is 2.36. The summed E-state index contributed by atoms with van der Waals surface area (Å²) < 4.78 is 0. The molecule has 2 heterocycles. The molecule has 0 fully saturated rings. The van der Waals surface area contributed by atoms with Gasteiger partial charge < -0.3 is 16.6 Å². The maximum Gasteiger partial charge on any atom is 0.269 e. The lowest BCUT2D eigenvalue weighted by atomic mass is 9.98. The molecule has 0 saturated heterocycles. The highest BCUT2D eigenvalue weighted by atomic mass is 16.3. The van der Waals surface area contributed by atoms with E-state index in [9.17, 15) is 9.90 Å². The molecular weight excluding hydrogens is 368 g/mol. The van der Waals surface area contributed by atoms with Crippen LogP contribution in [0.3, 0.4) is 0 Å². The van der Waals surface area contributed by atoms with Crippen molar-refractivity contribution in [1.29, 1.82) is 0 Å². The molecule has 0 aliphatic heterocycles. The third-order valence-corrected chi connectivity index (χ3v) is 4.90. The normalized spacial score (nSPS) is 12.2. The van der Waals surface area contributed by atoms with Gasteiger partial charge in [-0.25, -0.2) is 9.97 Å². The number of fused-ring (bicyclic) bond motifs is 1. The van der Waals surface area contributed by atoms with Crippen LogP contribution in [-0.4, -0.2) is 31.2 Å². The Balaban J connectivity index is 2.08. The number of primary amides is 1. The first-order valence-corrected chi connectivity index (χ1v) is 9.06. The van der Waals surface area contributed by atoms with Crippen LogP contribution in [0.15, 0.2) is 42.6 Å². The molecule has 2 aromatic heterocycles. The van der Waals surface area contributed by atoms with Gasteiger partial charge in [0.25, 0.3) is 5.91 Å². The van der Waals surface area contributed by atoms with Gasteiger partial charge in [-0.2, -0.15) is 5.10 Å². The average molecular weight is 388 g/mol. The van der Waals surface area contributed by atoms with Crippen LogP contribution in [-0.2, 0) is 0 Å². The van der Waals surface area contributed by atoms with Crippen LogP contribution in [0.5, 0.6) is 0 Å². The number of anilines is 1. The van der Waals surface area contributed by atoms with Gasteiger partial charge in [-0.05, 0) is 31.0 Å². The summed E-state index contributed by atoms with van der Waals surface area (Å²) in [5.41, 5.74) is 16.0. The van der Waals surface area contributed by atoms with Crippen LogP contribution in [0.25, 0.3) is 33.5 Å². The number of carbonyl (C=O) groups is 1. The van der Waals surface area contributed by atoms with Crippen molar-refractivity contribution in [2.45, 2.75) is 20.0 Å². The number of nitrogen functional groups attached to an aromatic ring is 1. The Labute approximate surface area is 166 Å². The van der Waals surface area contributed by atoms with E-state index in [4.69, 9.17) is 16.5 Å². The number of carbonyl (C=O) groups excluding carboxylic acids is 1. The van der Waals surface area contributed by atoms with Crippen LogP contribution >= 0.6 is 0 Å². The summed E-state index contributed by atoms with van der Waals surface area (Å²) in [4.78, 5) is 21.1. The van der Waals surface area contributed by atoms with E-state index in [0.29, 0.717) is 16.8 Å². The Morgan fingerprint density at radius 2 is 1.93 bits per heavy atom. The first-order chi connectivity index (χ1) is 13.9. The molecule has 4 aromatic rings. The van der Waals surface area contributed by atoms with Crippen LogP contribution in [0.2, 0.25) is 0 Å². The highest BCUT2D eigenvalue weighted by molar-refractivity contribution is 6.04. The molecule has 0 saturated carbocycles. The van der Waals surface area contributed by atoms with Crippen molar-refractivity contribution < 1.29 is 9.90 Å². The minimum Gasteiger partial charge on any atom is -0.395 e. The molecule has 8 nitrogen and oxygen atoms in total. The number of aliphatic hydroxyl groups excluding tert-OH is 1. The number of benzene rings is 2. The number of rotatable bonds is 4. The van der Waals surface area contributed by atoms with Crippen molar-refractivity contribution in [3.8, 4) is 22.6 Å². The predicted molar refractivity (Wildman–Crippen MR) is 111 cm³/mol. The van der Waals surface area contributed by atoms with Gasteiger partial charge in [-0.15, -0.1) is 0 Å². The zero-order chi connectivity index (χ0) is 20.7. The minimum absolute atomic E-state index is 0.0645. The number of nitrogens with two attached hydrogens (primary N) is 2. The second kappa shape index (κ2) is 6.99. The minimum atomic E-state index is -0.751. The number of aliphatic hydroxyl groups is 1. The number of nitrogens with one attached hydrogen (secondary N) is 1. The number of hydrogen-bond acceptors (Lipinski definition) is 6. The molecule has 0 radical (unpaired) electrons. The Bertz CT molecular complexity index is 1250. The zero-order valence-electron chi connectivity index (χ0n) is 16.0. The Kier molecular flexibility index (Phi) is 4.48. The van der Waals surface area contributed by atoms with E-state index in [0.717, 1.165) is 22.0 Å². The van der Waals surface area contributed by atoms with Crippen molar-refractivity contribution in [2.24, 2.45) is 5.73 Å². The van der Waals surface area contributed by atoms with Crippen molar-refractivity contribution in [2.75, 3.05) is 5.73 Å². The monoisotopic (exact) mass is 388 g/mol. The highest BCUT2D eigenvalue weighted by Gasteiger charge is 2.22. The first-order valence-electron chi connectivity index (χ1n) is 9.06. The smallest absolute Gasteiger partial charge is 0.269 e. The molecule has 4 rings (SSSR count). The van der Waals surface area contributed by atoms with E-state index < -0.39 is 12.0 Å². The summed E-state index contributed by atoms with van der Waals surface area (Å²) in [6.07, 6.45) is 0.943. The molecule has 6 N–H and O–H groups in total. The lowest BCUT2D eigenvalue weighted by Gasteiger charge is -2.16. The number of amides is 1. The van der Waals surface area contributed by atoms with Crippen LogP contribution in [0.4, 0.5) is 5.69 Å². The number of aromatic nitrogens is 4. The maximum absolute atomic E-state index is 12.1. The van der Waals surface area contributed by atoms with Crippen molar-refractivity contribution in [3.63, 3.8) is 0 Å². The molecule has 29 heavy (non-hydrogen) atoms. The number of aryl methyl sites for hydroxylation is 1. The van der Waals surface area contributed by atoms with E-state index in [-0.39, 0.29) is 17.2 Å². The second-order valence-corrected chi connectivity index (χ2v) is 6.87. The quantitative estimate of drug-likeness (QED) is 0.423. The standard InChI is InChI=1S/C21H20N6O2/c1-10-7-8-15-14(9-24-27-15)16(10)18-17(22)19(20(23)29)26-21(25-18)13-6-4-3-5-12(13)11(2)28/h3-9,11,28H,22H2,1-2H3,(H2,23,29)(H,24,27). The fourth-order valence-corrected chi connectivity index (χ4v) is 3.47. The summed E-state index contributed by atoms with van der Waals surface area (Å²) in [6.45, 7) is 3.58. The van der Waals surface area contributed by atoms with E-state index in [2.05, 4.69) is 15.2 Å². The molecule has 0 aliphatic carbocycles. The Morgan fingerprint density at radius 3 is 2.66 bits per heavy atom. The van der Waals surface area contributed by atoms with Gasteiger partial charge in [0, 0.05) is 16.5 Å². The molecule has 146 valence electrons.